The fraction of sp³-hybridized carbons (Fsp3) is 0.875. The first-order chi connectivity index (χ1) is 4.72. The van der Waals surface area contributed by atoms with Crippen LogP contribution in [-0.4, -0.2) is 23.9 Å². The summed E-state index contributed by atoms with van der Waals surface area (Å²) in [7, 11) is 0. The average molecular weight is 142 g/mol. The molecule has 2 heteroatoms. The Morgan fingerprint density at radius 1 is 1.50 bits per heavy atom. The van der Waals surface area contributed by atoms with Crippen LogP contribution in [0.25, 0.3) is 0 Å². The van der Waals surface area contributed by atoms with Crippen LogP contribution in [0, 0.1) is 0 Å². The minimum atomic E-state index is 0.295. The van der Waals surface area contributed by atoms with Crippen molar-refractivity contribution in [3.8, 4) is 0 Å². The number of rotatable bonds is 5. The highest BCUT2D eigenvalue weighted by molar-refractivity contribution is 5.48. The maximum Gasteiger partial charge on any atom is 0.312 e. The molecule has 10 heavy (non-hydrogen) atoms. The molecule has 0 aromatic heterocycles. The molecule has 0 rings (SSSR count). The normalized spacial score (nSPS) is 10.0. The monoisotopic (exact) mass is 142 g/mol. The van der Waals surface area contributed by atoms with E-state index in [-0.39, 0.29) is 0 Å². The van der Waals surface area contributed by atoms with Gasteiger partial charge in [0.15, 0.2) is 0 Å². The van der Waals surface area contributed by atoms with E-state index < -0.39 is 0 Å². The lowest BCUT2D eigenvalue weighted by atomic mass is 10.3. The van der Waals surface area contributed by atoms with E-state index in [1.165, 1.54) is 0 Å². The summed E-state index contributed by atoms with van der Waals surface area (Å²) in [5.74, 6) is 0. The summed E-state index contributed by atoms with van der Waals surface area (Å²) in [5.41, 5.74) is 0. The third-order valence-corrected chi connectivity index (χ3v) is 1.49. The van der Waals surface area contributed by atoms with Gasteiger partial charge in [-0.1, -0.05) is 13.3 Å². The molecule has 0 aliphatic rings. The summed E-state index contributed by atoms with van der Waals surface area (Å²) < 4.78 is 0. The van der Waals surface area contributed by atoms with Gasteiger partial charge in [0.2, 0.25) is 0 Å². The molecule has 0 saturated heterocycles. The minimum absolute atomic E-state index is 0.295. The molecule has 0 bridgehead atoms. The molecule has 0 fully saturated rings. The number of nitrogens with zero attached hydrogens (tertiary/aromatic N) is 1. The highest BCUT2D eigenvalue weighted by Crippen LogP contribution is 1.97. The minimum Gasteiger partial charge on any atom is -0.332 e. The van der Waals surface area contributed by atoms with Gasteiger partial charge in [-0.3, -0.25) is 4.79 Å². The van der Waals surface area contributed by atoms with Crippen molar-refractivity contribution in [2.75, 3.05) is 6.54 Å². The van der Waals surface area contributed by atoms with E-state index in [1.807, 2.05) is 20.3 Å². The molecule has 0 spiro atoms. The van der Waals surface area contributed by atoms with Gasteiger partial charge in [-0.05, 0) is 20.3 Å². The molecule has 0 atom stereocenters. The second kappa shape index (κ2) is 5.27. The van der Waals surface area contributed by atoms with Gasteiger partial charge in [-0.2, -0.15) is 0 Å². The maximum absolute atomic E-state index is 10.3. The number of unbranched alkanes of at least 4 members (excludes halogenated alkanes) is 1. The molecular weight excluding hydrogens is 126 g/mol. The fourth-order valence-corrected chi connectivity index (χ4v) is 0.738. The van der Waals surface area contributed by atoms with Crippen LogP contribution >= 0.6 is 0 Å². The van der Waals surface area contributed by atoms with E-state index in [1.54, 1.807) is 4.90 Å². The maximum atomic E-state index is 10.3. The number of hydrogen-bond acceptors (Lipinski definition) is 1. The summed E-state index contributed by atoms with van der Waals surface area (Å²) in [6.07, 6.45) is 4.13. The lowest BCUT2D eigenvalue weighted by molar-refractivity contribution is 0.320. The number of amides is 1. The number of hydrogen-bond donors (Lipinski definition) is 0. The molecule has 0 aromatic carbocycles. The molecular formula is C8H16NO. The highest BCUT2D eigenvalue weighted by Gasteiger charge is 2.04. The van der Waals surface area contributed by atoms with Gasteiger partial charge in [0.25, 0.3) is 0 Å². The van der Waals surface area contributed by atoms with Gasteiger partial charge >= 0.3 is 6.41 Å². The van der Waals surface area contributed by atoms with Crippen LogP contribution in [0.2, 0.25) is 0 Å². The van der Waals surface area contributed by atoms with Crippen molar-refractivity contribution in [2.24, 2.45) is 0 Å². The van der Waals surface area contributed by atoms with Gasteiger partial charge in [-0.15, -0.1) is 0 Å². The SMILES string of the molecule is CCCCN([C]=O)C(C)C. The molecule has 59 valence electrons. The van der Waals surface area contributed by atoms with Crippen LogP contribution in [0.15, 0.2) is 0 Å². The van der Waals surface area contributed by atoms with Gasteiger partial charge in [0, 0.05) is 12.6 Å². The molecule has 0 aliphatic carbocycles. The Labute approximate surface area is 63.2 Å². The zero-order valence-electron chi connectivity index (χ0n) is 7.05. The van der Waals surface area contributed by atoms with Crippen molar-refractivity contribution < 1.29 is 4.79 Å². The summed E-state index contributed by atoms with van der Waals surface area (Å²) in [6, 6.07) is 0.295. The van der Waals surface area contributed by atoms with E-state index >= 15 is 0 Å². The summed E-state index contributed by atoms with van der Waals surface area (Å²) in [4.78, 5) is 12.0. The van der Waals surface area contributed by atoms with Crippen molar-refractivity contribution in [1.29, 1.82) is 0 Å². The van der Waals surface area contributed by atoms with Crippen molar-refractivity contribution >= 4 is 6.41 Å². The summed E-state index contributed by atoms with van der Waals surface area (Å²) >= 11 is 0. The van der Waals surface area contributed by atoms with Crippen LogP contribution in [0.4, 0.5) is 0 Å². The van der Waals surface area contributed by atoms with E-state index in [2.05, 4.69) is 6.92 Å². The van der Waals surface area contributed by atoms with Crippen molar-refractivity contribution in [1.82, 2.24) is 4.90 Å². The van der Waals surface area contributed by atoms with Gasteiger partial charge in [0.1, 0.15) is 0 Å². The van der Waals surface area contributed by atoms with E-state index in [4.69, 9.17) is 0 Å². The third kappa shape index (κ3) is 3.49. The first-order valence-electron chi connectivity index (χ1n) is 3.86. The van der Waals surface area contributed by atoms with Crippen molar-refractivity contribution in [3.63, 3.8) is 0 Å². The Balaban J connectivity index is 3.50. The second-order valence-corrected chi connectivity index (χ2v) is 2.73. The lowest BCUT2D eigenvalue weighted by Crippen LogP contribution is -2.30. The van der Waals surface area contributed by atoms with Crippen LogP contribution < -0.4 is 0 Å². The zero-order chi connectivity index (χ0) is 7.98. The van der Waals surface area contributed by atoms with Crippen LogP contribution in [0.3, 0.4) is 0 Å². The predicted molar refractivity (Wildman–Crippen MR) is 42.4 cm³/mol. The predicted octanol–water partition coefficient (Wildman–Crippen LogP) is 1.56. The van der Waals surface area contributed by atoms with Gasteiger partial charge < -0.3 is 4.90 Å². The Kier molecular flexibility index (Phi) is 4.99. The standard InChI is InChI=1S/C8H16NO/c1-4-5-6-9(7-10)8(2)3/h8H,4-6H2,1-3H3. The quantitative estimate of drug-likeness (QED) is 0.533. The Morgan fingerprint density at radius 3 is 2.40 bits per heavy atom. The average Bonchev–Trinajstić information content (AvgIpc) is 1.89. The van der Waals surface area contributed by atoms with Crippen molar-refractivity contribution in [3.05, 3.63) is 0 Å². The van der Waals surface area contributed by atoms with E-state index in [9.17, 15) is 4.79 Å². The van der Waals surface area contributed by atoms with Crippen LogP contribution in [0.5, 0.6) is 0 Å². The summed E-state index contributed by atoms with van der Waals surface area (Å²) in [6.45, 7) is 6.96. The largest absolute Gasteiger partial charge is 0.332 e. The third-order valence-electron chi connectivity index (χ3n) is 1.49. The molecule has 0 aliphatic heterocycles. The van der Waals surface area contributed by atoms with Gasteiger partial charge in [-0.25, -0.2) is 0 Å². The van der Waals surface area contributed by atoms with Gasteiger partial charge in [0.05, 0.1) is 0 Å². The molecule has 0 heterocycles. The Bertz CT molecular complexity index is 91.3. The van der Waals surface area contributed by atoms with Crippen molar-refractivity contribution in [2.45, 2.75) is 39.7 Å². The highest BCUT2D eigenvalue weighted by atomic mass is 16.1. The summed E-state index contributed by atoms with van der Waals surface area (Å²) in [5, 5.41) is 0. The molecule has 0 unspecified atom stereocenters. The first kappa shape index (κ1) is 9.47. The van der Waals surface area contributed by atoms with Crippen LogP contribution in [-0.2, 0) is 4.79 Å². The zero-order valence-corrected chi connectivity index (χ0v) is 7.05. The molecule has 0 aromatic rings. The first-order valence-corrected chi connectivity index (χ1v) is 3.86. The molecule has 2 nitrogen and oxygen atoms in total. The van der Waals surface area contributed by atoms with E-state index in [0.717, 1.165) is 19.4 Å². The molecule has 1 radical (unpaired) electrons. The Hall–Kier alpha value is -0.530. The topological polar surface area (TPSA) is 20.3 Å². The van der Waals surface area contributed by atoms with E-state index in [0.29, 0.717) is 6.04 Å². The fourth-order valence-electron chi connectivity index (χ4n) is 0.738. The molecule has 0 N–H and O–H groups in total. The molecule has 1 amide bonds. The number of carbonyl (C=O) groups excluding carboxylic acids is 1. The molecule has 0 saturated carbocycles. The Morgan fingerprint density at radius 2 is 2.10 bits per heavy atom. The lowest BCUT2D eigenvalue weighted by Gasteiger charge is -2.19. The smallest absolute Gasteiger partial charge is 0.312 e. The van der Waals surface area contributed by atoms with Crippen LogP contribution in [0.1, 0.15) is 33.6 Å². The second-order valence-electron chi connectivity index (χ2n) is 2.73.